The average molecular weight is 330 g/mol. The van der Waals surface area contributed by atoms with Crippen LogP contribution >= 0.6 is 23.7 Å². The number of hydrogen-bond acceptors (Lipinski definition) is 3. The highest BCUT2D eigenvalue weighted by atomic mass is 35.5. The van der Waals surface area contributed by atoms with Crippen molar-refractivity contribution in [3.63, 3.8) is 0 Å². The largest absolute Gasteiger partial charge is 0.481 e. The molecule has 3 rings (SSSR count). The van der Waals surface area contributed by atoms with Gasteiger partial charge in [0.1, 0.15) is 0 Å². The summed E-state index contributed by atoms with van der Waals surface area (Å²) in [5.41, 5.74) is 1.33. The molecule has 0 radical (unpaired) electrons. The molecule has 1 aromatic rings. The predicted molar refractivity (Wildman–Crippen MR) is 84.4 cm³/mol. The van der Waals surface area contributed by atoms with E-state index >= 15 is 0 Å². The highest BCUT2D eigenvalue weighted by Crippen LogP contribution is 2.33. The molecular weight excluding hydrogens is 310 g/mol. The van der Waals surface area contributed by atoms with E-state index in [4.69, 9.17) is 5.11 Å². The Kier molecular flexibility index (Phi) is 4.94. The monoisotopic (exact) mass is 329 g/mol. The van der Waals surface area contributed by atoms with E-state index in [0.717, 1.165) is 17.7 Å². The third-order valence-corrected chi connectivity index (χ3v) is 5.59. The van der Waals surface area contributed by atoms with Gasteiger partial charge in [0.2, 0.25) is 0 Å². The summed E-state index contributed by atoms with van der Waals surface area (Å²) in [7, 11) is 0. The summed E-state index contributed by atoms with van der Waals surface area (Å²) in [6, 6.07) is 2.03. The topological polar surface area (TPSA) is 57.6 Å². The van der Waals surface area contributed by atoms with E-state index in [1.165, 1.54) is 16.9 Å². The summed E-state index contributed by atoms with van der Waals surface area (Å²) in [6.45, 7) is 3.17. The number of rotatable bonds is 2. The number of halogens is 1. The maximum atomic E-state index is 12.5. The molecule has 2 atom stereocenters. The van der Waals surface area contributed by atoms with Crippen LogP contribution in [0.15, 0.2) is 6.07 Å². The number of aryl methyl sites for hydroxylation is 1. The molecule has 1 fully saturated rings. The number of thiophene rings is 1. The lowest BCUT2D eigenvalue weighted by Gasteiger charge is -2.16. The van der Waals surface area contributed by atoms with Crippen LogP contribution in [0.25, 0.3) is 0 Å². The van der Waals surface area contributed by atoms with Crippen molar-refractivity contribution in [3.8, 4) is 0 Å². The van der Waals surface area contributed by atoms with E-state index in [9.17, 15) is 9.59 Å². The summed E-state index contributed by atoms with van der Waals surface area (Å²) in [5, 5.41) is 9.01. The minimum atomic E-state index is -0.792. The van der Waals surface area contributed by atoms with Crippen molar-refractivity contribution in [2.24, 2.45) is 11.8 Å². The Bertz CT molecular complexity index is 557. The standard InChI is InChI=1S/C15H19NO3S.ClH/c1-9-2-3-12-11(6-9)7-13(20-12)14(17)16-5-4-10(8-16)15(18)19;/h7,9-10H,2-6,8H2,1H3,(H,18,19);1H. The fourth-order valence-electron chi connectivity index (χ4n) is 3.11. The number of fused-ring (bicyclic) bond motifs is 1. The average Bonchev–Trinajstić information content (AvgIpc) is 3.03. The molecule has 1 N–H and O–H groups in total. The Morgan fingerprint density at radius 3 is 2.81 bits per heavy atom. The lowest BCUT2D eigenvalue weighted by molar-refractivity contribution is -0.141. The fourth-order valence-corrected chi connectivity index (χ4v) is 4.29. The van der Waals surface area contributed by atoms with Gasteiger partial charge in [-0.25, -0.2) is 0 Å². The maximum absolute atomic E-state index is 12.5. The highest BCUT2D eigenvalue weighted by molar-refractivity contribution is 7.14. The molecule has 1 aliphatic carbocycles. The summed E-state index contributed by atoms with van der Waals surface area (Å²) in [6.07, 6.45) is 3.91. The van der Waals surface area contributed by atoms with E-state index in [1.54, 1.807) is 16.2 Å². The van der Waals surface area contributed by atoms with Crippen LogP contribution in [0, 0.1) is 11.8 Å². The van der Waals surface area contributed by atoms with Gasteiger partial charge in [0.15, 0.2) is 0 Å². The molecule has 1 amide bonds. The van der Waals surface area contributed by atoms with Gasteiger partial charge in [-0.1, -0.05) is 6.92 Å². The molecule has 0 saturated carbocycles. The highest BCUT2D eigenvalue weighted by Gasteiger charge is 2.32. The zero-order valence-electron chi connectivity index (χ0n) is 12.0. The van der Waals surface area contributed by atoms with Gasteiger partial charge in [-0.3, -0.25) is 9.59 Å². The number of carbonyl (C=O) groups excluding carboxylic acids is 1. The molecule has 4 nitrogen and oxygen atoms in total. The molecule has 0 spiro atoms. The fraction of sp³-hybridized carbons (Fsp3) is 0.600. The summed E-state index contributed by atoms with van der Waals surface area (Å²) in [4.78, 5) is 27.3. The van der Waals surface area contributed by atoms with Crippen LogP contribution in [-0.2, 0) is 17.6 Å². The van der Waals surface area contributed by atoms with Crippen LogP contribution < -0.4 is 0 Å². The first-order chi connectivity index (χ1) is 9.54. The van der Waals surface area contributed by atoms with E-state index in [2.05, 4.69) is 6.92 Å². The molecule has 2 heterocycles. The Morgan fingerprint density at radius 2 is 2.14 bits per heavy atom. The minimum absolute atomic E-state index is 0. The number of carboxylic acids is 1. The smallest absolute Gasteiger partial charge is 0.308 e. The molecule has 0 aromatic carbocycles. The van der Waals surface area contributed by atoms with E-state index in [0.29, 0.717) is 25.4 Å². The Hall–Kier alpha value is -1.07. The molecule has 2 aliphatic rings. The zero-order chi connectivity index (χ0) is 14.3. The molecule has 1 aliphatic heterocycles. The normalized spacial score (nSPS) is 24.3. The molecule has 1 saturated heterocycles. The second-order valence-corrected chi connectivity index (χ2v) is 7.12. The molecule has 21 heavy (non-hydrogen) atoms. The van der Waals surface area contributed by atoms with Crippen molar-refractivity contribution in [1.82, 2.24) is 4.90 Å². The van der Waals surface area contributed by atoms with Crippen molar-refractivity contribution in [2.75, 3.05) is 13.1 Å². The predicted octanol–water partition coefficient (Wildman–Crippen LogP) is 2.84. The Labute approximate surface area is 134 Å². The van der Waals surface area contributed by atoms with Crippen LogP contribution in [0.1, 0.15) is 39.9 Å². The number of amides is 1. The second-order valence-electron chi connectivity index (χ2n) is 5.98. The number of hydrogen-bond donors (Lipinski definition) is 1. The SMILES string of the molecule is CC1CCc2sc(C(=O)N3CCC(C(=O)O)C3)cc2C1.Cl. The van der Waals surface area contributed by atoms with Crippen LogP contribution in [0.4, 0.5) is 0 Å². The Morgan fingerprint density at radius 1 is 1.38 bits per heavy atom. The van der Waals surface area contributed by atoms with E-state index in [1.807, 2.05) is 6.07 Å². The molecular formula is C15H20ClNO3S. The molecule has 116 valence electrons. The van der Waals surface area contributed by atoms with Gasteiger partial charge in [0.05, 0.1) is 10.8 Å². The second kappa shape index (κ2) is 6.36. The molecule has 0 bridgehead atoms. The summed E-state index contributed by atoms with van der Waals surface area (Å²) < 4.78 is 0. The zero-order valence-corrected chi connectivity index (χ0v) is 13.6. The van der Waals surface area contributed by atoms with Crippen LogP contribution in [0.5, 0.6) is 0 Å². The number of carbonyl (C=O) groups is 2. The van der Waals surface area contributed by atoms with Gasteiger partial charge >= 0.3 is 5.97 Å². The van der Waals surface area contributed by atoms with E-state index < -0.39 is 11.9 Å². The minimum Gasteiger partial charge on any atom is -0.481 e. The van der Waals surface area contributed by atoms with E-state index in [-0.39, 0.29) is 18.3 Å². The third-order valence-electron chi connectivity index (χ3n) is 4.36. The van der Waals surface area contributed by atoms with Crippen LogP contribution in [0.3, 0.4) is 0 Å². The van der Waals surface area contributed by atoms with Crippen molar-refractivity contribution in [1.29, 1.82) is 0 Å². The van der Waals surface area contributed by atoms with Crippen LogP contribution in [0.2, 0.25) is 0 Å². The third kappa shape index (κ3) is 3.24. The van der Waals surface area contributed by atoms with Gasteiger partial charge in [-0.15, -0.1) is 23.7 Å². The van der Waals surface area contributed by atoms with Gasteiger partial charge in [0, 0.05) is 18.0 Å². The summed E-state index contributed by atoms with van der Waals surface area (Å²) in [5.74, 6) is -0.475. The number of nitrogens with zero attached hydrogens (tertiary/aromatic N) is 1. The lowest BCUT2D eigenvalue weighted by Crippen LogP contribution is -2.29. The van der Waals surface area contributed by atoms with Crippen molar-refractivity contribution in [2.45, 2.75) is 32.6 Å². The summed E-state index contributed by atoms with van der Waals surface area (Å²) >= 11 is 1.60. The first-order valence-electron chi connectivity index (χ1n) is 7.18. The quantitative estimate of drug-likeness (QED) is 0.907. The number of carboxylic acid groups (broad SMARTS) is 1. The number of likely N-dealkylation sites (tertiary alicyclic amines) is 1. The van der Waals surface area contributed by atoms with Crippen molar-refractivity contribution in [3.05, 3.63) is 21.4 Å². The number of aliphatic carboxylic acids is 1. The van der Waals surface area contributed by atoms with Gasteiger partial charge in [-0.05, 0) is 43.2 Å². The van der Waals surface area contributed by atoms with Gasteiger partial charge in [0.25, 0.3) is 5.91 Å². The molecule has 1 aromatic heterocycles. The van der Waals surface area contributed by atoms with Crippen LogP contribution in [-0.4, -0.2) is 35.0 Å². The Balaban J connectivity index is 0.00000161. The van der Waals surface area contributed by atoms with Gasteiger partial charge < -0.3 is 10.0 Å². The van der Waals surface area contributed by atoms with Crippen molar-refractivity contribution < 1.29 is 14.7 Å². The first-order valence-corrected chi connectivity index (χ1v) is 8.00. The molecule has 6 heteroatoms. The lowest BCUT2D eigenvalue weighted by atomic mass is 9.90. The molecule has 2 unspecified atom stereocenters. The maximum Gasteiger partial charge on any atom is 0.308 e. The first kappa shape index (κ1) is 16.3. The van der Waals surface area contributed by atoms with Gasteiger partial charge in [-0.2, -0.15) is 0 Å². The van der Waals surface area contributed by atoms with Crippen molar-refractivity contribution >= 4 is 35.6 Å².